The van der Waals surface area contributed by atoms with Crippen LogP contribution in [0.5, 0.6) is 0 Å². The maximum Gasteiger partial charge on any atom is 0.238 e. The van der Waals surface area contributed by atoms with Crippen molar-refractivity contribution in [2.75, 3.05) is 56.9 Å². The first-order chi connectivity index (χ1) is 14.0. The molecule has 10 heteroatoms. The van der Waals surface area contributed by atoms with E-state index in [-0.39, 0.29) is 11.7 Å². The number of rotatable bonds is 9. The second kappa shape index (κ2) is 9.77. The van der Waals surface area contributed by atoms with Gasteiger partial charge in [-0.1, -0.05) is 15.9 Å². The summed E-state index contributed by atoms with van der Waals surface area (Å²) in [5.74, 6) is -0.225. The minimum Gasteiger partial charge on any atom is -0.383 e. The van der Waals surface area contributed by atoms with Crippen molar-refractivity contribution in [3.63, 3.8) is 0 Å². The molecular formula is C19H23BrN6O3. The first-order valence-corrected chi connectivity index (χ1v) is 9.83. The van der Waals surface area contributed by atoms with Crippen molar-refractivity contribution in [1.29, 1.82) is 0 Å². The Kier molecular flexibility index (Phi) is 7.13. The summed E-state index contributed by atoms with van der Waals surface area (Å²) >= 11 is 3.47. The molecule has 154 valence electrons. The number of nitrogens with two attached hydrogens (primary N) is 1. The predicted octanol–water partition coefficient (Wildman–Crippen LogP) is 2.03. The van der Waals surface area contributed by atoms with Gasteiger partial charge in [0.15, 0.2) is 0 Å². The summed E-state index contributed by atoms with van der Waals surface area (Å²) < 4.78 is 10.9. The topological polar surface area (TPSA) is 124 Å². The van der Waals surface area contributed by atoms with E-state index in [1.807, 2.05) is 18.2 Å². The molecule has 0 fully saturated rings. The Hall–Kier alpha value is -2.56. The number of carbonyl (C=O) groups is 1. The lowest BCUT2D eigenvalue weighted by molar-refractivity contribution is -0.116. The smallest absolute Gasteiger partial charge is 0.238 e. The Balaban J connectivity index is 2.05. The number of hydrogen-bond acceptors (Lipinski definition) is 8. The van der Waals surface area contributed by atoms with Crippen molar-refractivity contribution in [2.24, 2.45) is 4.99 Å². The van der Waals surface area contributed by atoms with E-state index in [0.717, 1.165) is 15.7 Å². The summed E-state index contributed by atoms with van der Waals surface area (Å²) in [7, 11) is 3.22. The Morgan fingerprint density at radius 2 is 2.10 bits per heavy atom. The van der Waals surface area contributed by atoms with Gasteiger partial charge in [0.25, 0.3) is 0 Å². The predicted molar refractivity (Wildman–Crippen MR) is 116 cm³/mol. The Bertz CT molecular complexity index is 921. The van der Waals surface area contributed by atoms with E-state index in [1.54, 1.807) is 20.4 Å². The third-order valence-electron chi connectivity index (χ3n) is 4.36. The van der Waals surface area contributed by atoms with Gasteiger partial charge in [0.1, 0.15) is 11.7 Å². The van der Waals surface area contributed by atoms with Crippen molar-refractivity contribution < 1.29 is 14.3 Å². The molecule has 1 aliphatic rings. The van der Waals surface area contributed by atoms with Crippen LogP contribution in [0.25, 0.3) is 0 Å². The van der Waals surface area contributed by atoms with Crippen LogP contribution >= 0.6 is 15.9 Å². The number of aliphatic imine (C=N–C) groups is 1. The van der Waals surface area contributed by atoms with E-state index in [1.165, 1.54) is 0 Å². The third-order valence-corrected chi connectivity index (χ3v) is 4.85. The van der Waals surface area contributed by atoms with E-state index in [9.17, 15) is 4.79 Å². The largest absolute Gasteiger partial charge is 0.383 e. The standard InChI is InChI=1S/C19H23BrN6O3/c1-28-7-5-22-10-13-16(25-19(26-17(13)21)23-6-8-29-2)15-12-9-11(20)3-4-14(12)24-18(15)27/h3-4,9-10,15H,5-8H2,1-2H3,(H,24,27)(H3,21,23,25,26). The SMILES string of the molecule is COCCN=Cc1c(N)nc(NCCOC)nc1C1C(=O)Nc2ccc(Br)cc21. The van der Waals surface area contributed by atoms with Gasteiger partial charge in [0, 0.05) is 37.1 Å². The molecule has 4 N–H and O–H groups in total. The number of amides is 1. The maximum atomic E-state index is 12.8. The fraction of sp³-hybridized carbons (Fsp3) is 0.368. The van der Waals surface area contributed by atoms with Crippen LogP contribution in [0.3, 0.4) is 0 Å². The number of benzene rings is 1. The molecule has 29 heavy (non-hydrogen) atoms. The van der Waals surface area contributed by atoms with Crippen molar-refractivity contribution >= 4 is 45.5 Å². The molecule has 2 heterocycles. The van der Waals surface area contributed by atoms with Crippen molar-refractivity contribution in [3.8, 4) is 0 Å². The van der Waals surface area contributed by atoms with Crippen molar-refractivity contribution in [3.05, 3.63) is 39.5 Å². The molecule has 9 nitrogen and oxygen atoms in total. The molecule has 0 bridgehead atoms. The molecule has 1 atom stereocenters. The number of fused-ring (bicyclic) bond motifs is 1. The van der Waals surface area contributed by atoms with Gasteiger partial charge in [0.05, 0.1) is 31.0 Å². The Morgan fingerprint density at radius 1 is 1.31 bits per heavy atom. The molecule has 0 saturated carbocycles. The van der Waals surface area contributed by atoms with Crippen LogP contribution in [-0.2, 0) is 14.3 Å². The van der Waals surface area contributed by atoms with Gasteiger partial charge in [-0.3, -0.25) is 9.79 Å². The molecule has 3 rings (SSSR count). The van der Waals surface area contributed by atoms with Crippen LogP contribution in [-0.4, -0.2) is 62.6 Å². The highest BCUT2D eigenvalue weighted by atomic mass is 79.9. The van der Waals surface area contributed by atoms with Gasteiger partial charge < -0.3 is 25.8 Å². The van der Waals surface area contributed by atoms with E-state index in [4.69, 9.17) is 15.2 Å². The summed E-state index contributed by atoms with van der Waals surface area (Å²) in [6.45, 7) is 1.93. The highest BCUT2D eigenvalue weighted by molar-refractivity contribution is 9.10. The van der Waals surface area contributed by atoms with E-state index in [2.05, 4.69) is 41.5 Å². The number of aromatic nitrogens is 2. The Morgan fingerprint density at radius 3 is 2.86 bits per heavy atom. The van der Waals surface area contributed by atoms with Gasteiger partial charge in [-0.2, -0.15) is 4.98 Å². The van der Waals surface area contributed by atoms with Crippen LogP contribution in [0.1, 0.15) is 22.7 Å². The summed E-state index contributed by atoms with van der Waals surface area (Å²) in [5, 5.41) is 5.97. The second-order valence-electron chi connectivity index (χ2n) is 6.33. The summed E-state index contributed by atoms with van der Waals surface area (Å²) in [6, 6.07) is 5.63. The number of anilines is 3. The molecule has 0 saturated heterocycles. The van der Waals surface area contributed by atoms with Crippen LogP contribution in [0.4, 0.5) is 17.5 Å². The highest BCUT2D eigenvalue weighted by Gasteiger charge is 2.35. The van der Waals surface area contributed by atoms with Gasteiger partial charge >= 0.3 is 0 Å². The van der Waals surface area contributed by atoms with Crippen LogP contribution in [0.15, 0.2) is 27.7 Å². The molecule has 0 spiro atoms. The number of nitrogens with one attached hydrogen (secondary N) is 2. The number of methoxy groups -OCH3 is 2. The first-order valence-electron chi connectivity index (χ1n) is 9.04. The molecule has 1 amide bonds. The number of ether oxygens (including phenoxy) is 2. The van der Waals surface area contributed by atoms with Crippen molar-refractivity contribution in [2.45, 2.75) is 5.92 Å². The average Bonchev–Trinajstić information content (AvgIpc) is 3.01. The second-order valence-corrected chi connectivity index (χ2v) is 7.25. The van der Waals surface area contributed by atoms with Gasteiger partial charge in [0.2, 0.25) is 11.9 Å². The minimum atomic E-state index is -0.625. The molecular weight excluding hydrogens is 440 g/mol. The summed E-state index contributed by atoms with van der Waals surface area (Å²) in [6.07, 6.45) is 1.60. The molecule has 1 aromatic carbocycles. The van der Waals surface area contributed by atoms with E-state index >= 15 is 0 Å². The van der Waals surface area contributed by atoms with Gasteiger partial charge in [-0.05, 0) is 23.8 Å². The van der Waals surface area contributed by atoms with E-state index in [0.29, 0.717) is 43.5 Å². The fourth-order valence-corrected chi connectivity index (χ4v) is 3.38. The molecule has 2 aromatic rings. The van der Waals surface area contributed by atoms with Gasteiger partial charge in [-0.25, -0.2) is 4.98 Å². The van der Waals surface area contributed by atoms with Crippen LogP contribution in [0.2, 0.25) is 0 Å². The highest BCUT2D eigenvalue weighted by Crippen LogP contribution is 2.39. The number of halogens is 1. The fourth-order valence-electron chi connectivity index (χ4n) is 3.00. The average molecular weight is 463 g/mol. The zero-order chi connectivity index (χ0) is 20.8. The summed E-state index contributed by atoms with van der Waals surface area (Å²) in [5.41, 5.74) is 8.79. The zero-order valence-corrected chi connectivity index (χ0v) is 17.8. The van der Waals surface area contributed by atoms with Crippen molar-refractivity contribution in [1.82, 2.24) is 9.97 Å². The lowest BCUT2D eigenvalue weighted by atomic mass is 9.94. The number of hydrogen-bond donors (Lipinski definition) is 3. The lowest BCUT2D eigenvalue weighted by Gasteiger charge is -2.15. The Labute approximate surface area is 177 Å². The van der Waals surface area contributed by atoms with Gasteiger partial charge in [-0.15, -0.1) is 0 Å². The first kappa shape index (κ1) is 21.2. The lowest BCUT2D eigenvalue weighted by Crippen LogP contribution is -2.20. The number of nitrogen functional groups attached to an aromatic ring is 1. The van der Waals surface area contributed by atoms with Crippen LogP contribution < -0.4 is 16.4 Å². The maximum absolute atomic E-state index is 12.8. The molecule has 1 unspecified atom stereocenters. The van der Waals surface area contributed by atoms with E-state index < -0.39 is 5.92 Å². The molecule has 0 radical (unpaired) electrons. The third kappa shape index (κ3) is 4.89. The van der Waals surface area contributed by atoms with Crippen LogP contribution in [0, 0.1) is 0 Å². The minimum absolute atomic E-state index is 0.175. The zero-order valence-electron chi connectivity index (χ0n) is 16.2. The normalized spacial score (nSPS) is 15.6. The molecule has 1 aromatic heterocycles. The monoisotopic (exact) mass is 462 g/mol. The molecule has 1 aliphatic heterocycles. The summed E-state index contributed by atoms with van der Waals surface area (Å²) in [4.78, 5) is 26.1. The quantitative estimate of drug-likeness (QED) is 0.384. The molecule has 0 aliphatic carbocycles. The number of nitrogens with zero attached hydrogens (tertiary/aromatic N) is 3. The number of carbonyl (C=O) groups excluding carboxylic acids is 1.